The predicted molar refractivity (Wildman–Crippen MR) is 35.8 cm³/mol. The molecular formula is C6H11NO3. The molecule has 0 radical (unpaired) electrons. The lowest BCUT2D eigenvalue weighted by atomic mass is 10.1. The van der Waals surface area contributed by atoms with Gasteiger partial charge in [-0.1, -0.05) is 0 Å². The van der Waals surface area contributed by atoms with Crippen molar-refractivity contribution in [1.29, 1.82) is 0 Å². The molecule has 0 saturated carbocycles. The highest BCUT2D eigenvalue weighted by atomic mass is 16.4. The van der Waals surface area contributed by atoms with Gasteiger partial charge in [-0.05, 0) is 14.0 Å². The van der Waals surface area contributed by atoms with Gasteiger partial charge in [-0.25, -0.2) is 0 Å². The Kier molecular flexibility index (Phi) is 3.64. The fourth-order valence-corrected chi connectivity index (χ4v) is 0.624. The molecule has 1 atom stereocenters. The van der Waals surface area contributed by atoms with Crippen molar-refractivity contribution in [3.8, 4) is 0 Å². The van der Waals surface area contributed by atoms with E-state index < -0.39 is 12.0 Å². The van der Waals surface area contributed by atoms with Crippen LogP contribution in [0.15, 0.2) is 0 Å². The first-order chi connectivity index (χ1) is 4.57. The lowest BCUT2D eigenvalue weighted by Gasteiger charge is -2.07. The van der Waals surface area contributed by atoms with Crippen LogP contribution in [-0.2, 0) is 9.59 Å². The number of nitrogens with one attached hydrogen (secondary N) is 1. The number of hydrogen-bond donors (Lipinski definition) is 2. The maximum atomic E-state index is 10.6. The molecule has 0 aromatic rings. The van der Waals surface area contributed by atoms with Crippen molar-refractivity contribution in [3.63, 3.8) is 0 Å². The molecule has 0 spiro atoms. The summed E-state index contributed by atoms with van der Waals surface area (Å²) >= 11 is 0. The molecule has 2 N–H and O–H groups in total. The molecule has 58 valence electrons. The topological polar surface area (TPSA) is 66.4 Å². The standard InChI is InChI=1S/C6H11NO3/c1-4(8)5(7-2)3-6(9)10/h5,7H,3H2,1-2H3,(H,9,10). The van der Waals surface area contributed by atoms with Crippen LogP contribution in [0.1, 0.15) is 13.3 Å². The molecule has 0 amide bonds. The summed E-state index contributed by atoms with van der Waals surface area (Å²) in [4.78, 5) is 20.7. The van der Waals surface area contributed by atoms with E-state index in [1.165, 1.54) is 6.92 Å². The van der Waals surface area contributed by atoms with Crippen molar-refractivity contribution in [3.05, 3.63) is 0 Å². The van der Waals surface area contributed by atoms with Gasteiger partial charge in [0.1, 0.15) is 5.78 Å². The van der Waals surface area contributed by atoms with Crippen LogP contribution in [-0.4, -0.2) is 29.9 Å². The number of rotatable bonds is 4. The highest BCUT2D eigenvalue weighted by molar-refractivity contribution is 5.85. The minimum atomic E-state index is -0.963. The summed E-state index contributed by atoms with van der Waals surface area (Å²) in [5.74, 6) is -1.11. The zero-order chi connectivity index (χ0) is 8.15. The Morgan fingerprint density at radius 1 is 1.60 bits per heavy atom. The minimum absolute atomic E-state index is 0.147. The number of likely N-dealkylation sites (N-methyl/N-ethyl adjacent to an activating group) is 1. The second kappa shape index (κ2) is 4.00. The molecule has 0 aromatic heterocycles. The van der Waals surface area contributed by atoms with E-state index in [2.05, 4.69) is 5.32 Å². The Morgan fingerprint density at radius 2 is 2.10 bits per heavy atom. The van der Waals surface area contributed by atoms with Crippen LogP contribution in [0, 0.1) is 0 Å². The Morgan fingerprint density at radius 3 is 2.20 bits per heavy atom. The van der Waals surface area contributed by atoms with Crippen molar-refractivity contribution >= 4 is 11.8 Å². The first-order valence-electron chi connectivity index (χ1n) is 2.97. The molecule has 0 aliphatic carbocycles. The fourth-order valence-electron chi connectivity index (χ4n) is 0.624. The third kappa shape index (κ3) is 3.19. The summed E-state index contributed by atoms with van der Waals surface area (Å²) in [6, 6.07) is -0.544. The number of carbonyl (C=O) groups is 2. The van der Waals surface area contributed by atoms with E-state index in [4.69, 9.17) is 5.11 Å². The van der Waals surface area contributed by atoms with Gasteiger partial charge in [-0.2, -0.15) is 0 Å². The van der Waals surface area contributed by atoms with Crippen molar-refractivity contribution in [2.45, 2.75) is 19.4 Å². The fraction of sp³-hybridized carbons (Fsp3) is 0.667. The van der Waals surface area contributed by atoms with Gasteiger partial charge >= 0.3 is 5.97 Å². The molecule has 0 rings (SSSR count). The highest BCUT2D eigenvalue weighted by Gasteiger charge is 2.14. The maximum Gasteiger partial charge on any atom is 0.305 e. The van der Waals surface area contributed by atoms with E-state index in [1.807, 2.05) is 0 Å². The third-order valence-electron chi connectivity index (χ3n) is 1.22. The number of carboxylic acid groups (broad SMARTS) is 1. The summed E-state index contributed by atoms with van der Waals surface area (Å²) in [5.41, 5.74) is 0. The number of carboxylic acids is 1. The molecule has 0 aliphatic rings. The van der Waals surface area contributed by atoms with Crippen LogP contribution >= 0.6 is 0 Å². The molecule has 4 nitrogen and oxygen atoms in total. The van der Waals surface area contributed by atoms with Crippen LogP contribution < -0.4 is 5.32 Å². The zero-order valence-electron chi connectivity index (χ0n) is 6.05. The van der Waals surface area contributed by atoms with Crippen LogP contribution in [0.4, 0.5) is 0 Å². The minimum Gasteiger partial charge on any atom is -0.481 e. The SMILES string of the molecule is CNC(CC(=O)O)C(C)=O. The summed E-state index contributed by atoms with van der Waals surface area (Å²) in [6.45, 7) is 1.37. The van der Waals surface area contributed by atoms with Crippen LogP contribution in [0.2, 0.25) is 0 Å². The van der Waals surface area contributed by atoms with Gasteiger partial charge in [0, 0.05) is 0 Å². The van der Waals surface area contributed by atoms with Crippen molar-refractivity contribution in [2.24, 2.45) is 0 Å². The van der Waals surface area contributed by atoms with E-state index in [1.54, 1.807) is 7.05 Å². The van der Waals surface area contributed by atoms with Crippen LogP contribution in [0.5, 0.6) is 0 Å². The Labute approximate surface area is 59.2 Å². The van der Waals surface area contributed by atoms with Gasteiger partial charge in [0.05, 0.1) is 12.5 Å². The lowest BCUT2D eigenvalue weighted by Crippen LogP contribution is -2.34. The number of carbonyl (C=O) groups excluding carboxylic acids is 1. The Hall–Kier alpha value is -0.900. The summed E-state index contributed by atoms with van der Waals surface area (Å²) in [5, 5.41) is 10.9. The van der Waals surface area contributed by atoms with Gasteiger partial charge in [-0.15, -0.1) is 0 Å². The molecule has 1 unspecified atom stereocenters. The first-order valence-corrected chi connectivity index (χ1v) is 2.97. The van der Waals surface area contributed by atoms with E-state index in [-0.39, 0.29) is 12.2 Å². The van der Waals surface area contributed by atoms with Gasteiger partial charge in [-0.3, -0.25) is 9.59 Å². The molecule has 10 heavy (non-hydrogen) atoms. The van der Waals surface area contributed by atoms with E-state index in [9.17, 15) is 9.59 Å². The predicted octanol–water partition coefficient (Wildman–Crippen LogP) is -0.362. The Bertz CT molecular complexity index is 144. The molecule has 0 bridgehead atoms. The van der Waals surface area contributed by atoms with Crippen LogP contribution in [0.25, 0.3) is 0 Å². The molecule has 0 saturated heterocycles. The summed E-state index contributed by atoms with van der Waals surface area (Å²) in [7, 11) is 1.56. The van der Waals surface area contributed by atoms with Crippen molar-refractivity contribution < 1.29 is 14.7 Å². The first kappa shape index (κ1) is 9.10. The number of hydrogen-bond acceptors (Lipinski definition) is 3. The molecule has 0 aliphatic heterocycles. The monoisotopic (exact) mass is 145 g/mol. The smallest absolute Gasteiger partial charge is 0.305 e. The van der Waals surface area contributed by atoms with Gasteiger partial charge in [0.2, 0.25) is 0 Å². The zero-order valence-corrected chi connectivity index (χ0v) is 6.05. The summed E-state index contributed by atoms with van der Waals surface area (Å²) < 4.78 is 0. The van der Waals surface area contributed by atoms with Crippen molar-refractivity contribution in [1.82, 2.24) is 5.32 Å². The van der Waals surface area contributed by atoms with E-state index >= 15 is 0 Å². The van der Waals surface area contributed by atoms with Gasteiger partial charge in [0.15, 0.2) is 0 Å². The quantitative estimate of drug-likeness (QED) is 0.566. The highest BCUT2D eigenvalue weighted by Crippen LogP contribution is 1.91. The maximum absolute atomic E-state index is 10.6. The number of aliphatic carboxylic acids is 1. The normalized spacial score (nSPS) is 12.6. The average molecular weight is 145 g/mol. The van der Waals surface area contributed by atoms with E-state index in [0.717, 1.165) is 0 Å². The third-order valence-corrected chi connectivity index (χ3v) is 1.22. The molecular weight excluding hydrogens is 134 g/mol. The molecule has 4 heteroatoms. The largest absolute Gasteiger partial charge is 0.481 e. The second-order valence-electron chi connectivity index (χ2n) is 2.05. The second-order valence-corrected chi connectivity index (χ2v) is 2.05. The lowest BCUT2D eigenvalue weighted by molar-refractivity contribution is -0.139. The van der Waals surface area contributed by atoms with Gasteiger partial charge in [0.25, 0.3) is 0 Å². The molecule has 0 fully saturated rings. The van der Waals surface area contributed by atoms with Crippen molar-refractivity contribution in [2.75, 3.05) is 7.05 Å². The van der Waals surface area contributed by atoms with Crippen LogP contribution in [0.3, 0.4) is 0 Å². The number of Topliss-reactive ketones (excluding diaryl/α,β-unsaturated/α-hetero) is 1. The molecule has 0 aromatic carbocycles. The number of ketones is 1. The summed E-state index contributed by atoms with van der Waals surface area (Å²) in [6.07, 6.45) is -0.147. The Balaban J connectivity index is 3.83. The average Bonchev–Trinajstić information content (AvgIpc) is 1.81. The van der Waals surface area contributed by atoms with E-state index in [0.29, 0.717) is 0 Å². The molecule has 0 heterocycles. The van der Waals surface area contributed by atoms with Gasteiger partial charge < -0.3 is 10.4 Å².